The third-order valence-electron chi connectivity index (χ3n) is 2.56. The van der Waals surface area contributed by atoms with E-state index in [0.717, 1.165) is 6.07 Å². The number of benzene rings is 1. The third-order valence-corrected chi connectivity index (χ3v) is 2.56. The summed E-state index contributed by atoms with van der Waals surface area (Å²) in [6.07, 6.45) is 0. The van der Waals surface area contributed by atoms with Crippen LogP contribution in [0.2, 0.25) is 0 Å². The van der Waals surface area contributed by atoms with E-state index < -0.39 is 17.6 Å². The van der Waals surface area contributed by atoms with Crippen LogP contribution in [-0.2, 0) is 0 Å². The highest BCUT2D eigenvalue weighted by Gasteiger charge is 2.12. The fourth-order valence-corrected chi connectivity index (χ4v) is 1.59. The van der Waals surface area contributed by atoms with E-state index in [1.54, 1.807) is 6.92 Å². The third kappa shape index (κ3) is 3.21. The van der Waals surface area contributed by atoms with Crippen LogP contribution in [0, 0.1) is 6.92 Å². The number of aromatic carboxylic acids is 2. The second kappa shape index (κ2) is 5.41. The molecule has 2 aromatic rings. The largest absolute Gasteiger partial charge is 0.478 e. The highest BCUT2D eigenvalue weighted by atomic mass is 16.4. The molecule has 1 aromatic carbocycles. The van der Waals surface area contributed by atoms with Gasteiger partial charge in [-0.25, -0.2) is 19.5 Å². The quantitative estimate of drug-likeness (QED) is 0.640. The van der Waals surface area contributed by atoms with Crippen molar-refractivity contribution in [3.05, 3.63) is 45.5 Å². The van der Waals surface area contributed by atoms with Crippen LogP contribution in [0.1, 0.15) is 26.4 Å². The minimum Gasteiger partial charge on any atom is -0.478 e. The van der Waals surface area contributed by atoms with Gasteiger partial charge in [-0.2, -0.15) is 10.1 Å². The molecule has 9 heteroatoms. The van der Waals surface area contributed by atoms with Crippen LogP contribution in [0.4, 0.5) is 11.5 Å². The Bertz CT molecular complexity index is 751. The lowest BCUT2D eigenvalue weighted by atomic mass is 10.1. The van der Waals surface area contributed by atoms with Crippen molar-refractivity contribution in [1.82, 2.24) is 15.2 Å². The van der Waals surface area contributed by atoms with Crippen LogP contribution in [-0.4, -0.2) is 37.3 Å². The molecule has 9 nitrogen and oxygen atoms in total. The maximum Gasteiger partial charge on any atom is 0.363 e. The highest BCUT2D eigenvalue weighted by Crippen LogP contribution is 2.19. The summed E-state index contributed by atoms with van der Waals surface area (Å²) in [5.41, 5.74) is -0.542. The number of nitrogens with one attached hydrogen (secondary N) is 2. The van der Waals surface area contributed by atoms with Crippen LogP contribution in [0.3, 0.4) is 0 Å². The van der Waals surface area contributed by atoms with E-state index in [2.05, 4.69) is 20.5 Å². The topological polar surface area (TPSA) is 145 Å². The van der Waals surface area contributed by atoms with E-state index in [9.17, 15) is 14.4 Å². The van der Waals surface area contributed by atoms with Crippen molar-refractivity contribution in [3.63, 3.8) is 0 Å². The van der Waals surface area contributed by atoms with Crippen molar-refractivity contribution in [2.45, 2.75) is 6.92 Å². The fraction of sp³-hybridized carbons (Fsp3) is 0.0833. The first-order valence-electron chi connectivity index (χ1n) is 5.69. The molecule has 0 spiro atoms. The zero-order valence-electron chi connectivity index (χ0n) is 10.7. The number of aryl methyl sites for hydroxylation is 1. The first kappa shape index (κ1) is 14.2. The lowest BCUT2D eigenvalue weighted by Gasteiger charge is -2.09. The maximum absolute atomic E-state index is 11.1. The van der Waals surface area contributed by atoms with Gasteiger partial charge in [0.25, 0.3) is 0 Å². The summed E-state index contributed by atoms with van der Waals surface area (Å²) < 4.78 is 0. The molecule has 0 fully saturated rings. The van der Waals surface area contributed by atoms with Crippen LogP contribution >= 0.6 is 0 Å². The Morgan fingerprint density at radius 1 is 1.14 bits per heavy atom. The summed E-state index contributed by atoms with van der Waals surface area (Å²) in [4.78, 5) is 36.8. The number of nitrogens with zero attached hydrogens (tertiary/aromatic N) is 2. The van der Waals surface area contributed by atoms with Crippen molar-refractivity contribution >= 4 is 23.4 Å². The number of hydrogen-bond acceptors (Lipinski definition) is 6. The minimum absolute atomic E-state index is 0.109. The lowest BCUT2D eigenvalue weighted by Crippen LogP contribution is -2.16. The fourth-order valence-electron chi connectivity index (χ4n) is 1.59. The van der Waals surface area contributed by atoms with Crippen molar-refractivity contribution in [3.8, 4) is 0 Å². The number of carbonyl (C=O) groups is 2. The molecule has 0 aliphatic carbocycles. The molecule has 0 bridgehead atoms. The predicted molar refractivity (Wildman–Crippen MR) is 71.0 cm³/mol. The number of rotatable bonds is 4. The van der Waals surface area contributed by atoms with E-state index in [1.165, 1.54) is 12.1 Å². The van der Waals surface area contributed by atoms with Crippen LogP contribution in [0.5, 0.6) is 0 Å². The molecule has 0 saturated heterocycles. The summed E-state index contributed by atoms with van der Waals surface area (Å²) in [7, 11) is 0. The Morgan fingerprint density at radius 2 is 1.71 bits per heavy atom. The molecule has 0 radical (unpaired) electrons. The normalized spacial score (nSPS) is 10.1. The smallest absolute Gasteiger partial charge is 0.363 e. The van der Waals surface area contributed by atoms with Crippen LogP contribution in [0.25, 0.3) is 0 Å². The van der Waals surface area contributed by atoms with Gasteiger partial charge in [0, 0.05) is 5.69 Å². The number of aromatic amines is 1. The zero-order valence-corrected chi connectivity index (χ0v) is 10.7. The number of anilines is 2. The van der Waals surface area contributed by atoms with Gasteiger partial charge in [0.1, 0.15) is 5.69 Å². The molecule has 0 atom stereocenters. The van der Waals surface area contributed by atoms with E-state index in [1.807, 2.05) is 0 Å². The summed E-state index contributed by atoms with van der Waals surface area (Å²) in [6.45, 7) is 1.57. The predicted octanol–water partition coefficient (Wildman–Crippen LogP) is 0.613. The maximum atomic E-state index is 11.1. The van der Waals surface area contributed by atoms with Gasteiger partial charge >= 0.3 is 17.6 Å². The second-order valence-electron chi connectivity index (χ2n) is 4.11. The monoisotopic (exact) mass is 290 g/mol. The molecule has 0 aliphatic rings. The molecule has 0 amide bonds. The SMILES string of the molecule is Cc1n[nH]c(=O)nc1Nc1cc(C(=O)O)cc(C(=O)O)c1. The molecule has 1 heterocycles. The number of hydrogen-bond donors (Lipinski definition) is 4. The van der Waals surface area contributed by atoms with E-state index in [4.69, 9.17) is 10.2 Å². The van der Waals surface area contributed by atoms with Crippen molar-refractivity contribution in [2.75, 3.05) is 5.32 Å². The van der Waals surface area contributed by atoms with Crippen molar-refractivity contribution < 1.29 is 19.8 Å². The van der Waals surface area contributed by atoms with Crippen LogP contribution < -0.4 is 11.0 Å². The van der Waals surface area contributed by atoms with Gasteiger partial charge < -0.3 is 15.5 Å². The lowest BCUT2D eigenvalue weighted by molar-refractivity contribution is 0.0696. The molecule has 0 unspecified atom stereocenters. The Labute approximate surface area is 117 Å². The highest BCUT2D eigenvalue weighted by molar-refractivity contribution is 5.95. The van der Waals surface area contributed by atoms with Gasteiger partial charge in [0.05, 0.1) is 11.1 Å². The standard InChI is InChI=1S/C12H10N4O5/c1-5-9(14-12(21)16-15-5)13-8-3-6(10(17)18)2-7(4-8)11(19)20/h2-4H,1H3,(H,17,18)(H,19,20)(H2,13,14,16,21). The Balaban J connectivity index is 2.48. The van der Waals surface area contributed by atoms with Crippen molar-refractivity contribution in [2.24, 2.45) is 0 Å². The van der Waals surface area contributed by atoms with Gasteiger partial charge in [0.2, 0.25) is 0 Å². The zero-order chi connectivity index (χ0) is 15.6. The van der Waals surface area contributed by atoms with Gasteiger partial charge in [-0.3, -0.25) is 0 Å². The molecule has 1 aromatic heterocycles. The van der Waals surface area contributed by atoms with Gasteiger partial charge in [-0.15, -0.1) is 0 Å². The Hall–Kier alpha value is -3.23. The van der Waals surface area contributed by atoms with E-state index in [-0.39, 0.29) is 22.6 Å². The average molecular weight is 290 g/mol. The Morgan fingerprint density at radius 3 is 2.24 bits per heavy atom. The Kier molecular flexibility index (Phi) is 3.65. The molecule has 21 heavy (non-hydrogen) atoms. The van der Waals surface area contributed by atoms with Crippen molar-refractivity contribution in [1.29, 1.82) is 0 Å². The van der Waals surface area contributed by atoms with Gasteiger partial charge in [-0.1, -0.05) is 0 Å². The average Bonchev–Trinajstić information content (AvgIpc) is 2.42. The number of carboxylic acid groups (broad SMARTS) is 2. The van der Waals surface area contributed by atoms with E-state index in [0.29, 0.717) is 5.69 Å². The molecule has 0 saturated carbocycles. The molecule has 2 rings (SSSR count). The first-order valence-corrected chi connectivity index (χ1v) is 5.69. The summed E-state index contributed by atoms with van der Waals surface area (Å²) in [6, 6.07) is 3.50. The number of carboxylic acids is 2. The molecule has 108 valence electrons. The first-order chi connectivity index (χ1) is 9.86. The van der Waals surface area contributed by atoms with Gasteiger partial charge in [0.15, 0.2) is 5.82 Å². The van der Waals surface area contributed by atoms with E-state index >= 15 is 0 Å². The second-order valence-corrected chi connectivity index (χ2v) is 4.11. The number of aromatic nitrogens is 3. The molecular formula is C12H10N4O5. The minimum atomic E-state index is -1.27. The number of H-pyrrole nitrogens is 1. The molecular weight excluding hydrogens is 280 g/mol. The molecule has 4 N–H and O–H groups in total. The summed E-state index contributed by atoms with van der Waals surface area (Å²) in [5, 5.41) is 26.5. The van der Waals surface area contributed by atoms with Crippen LogP contribution in [0.15, 0.2) is 23.0 Å². The molecule has 0 aliphatic heterocycles. The summed E-state index contributed by atoms with van der Waals surface area (Å²) in [5.74, 6) is -2.43. The van der Waals surface area contributed by atoms with Gasteiger partial charge in [-0.05, 0) is 25.1 Å². The summed E-state index contributed by atoms with van der Waals surface area (Å²) >= 11 is 0.